The van der Waals surface area contributed by atoms with Gasteiger partial charge < -0.3 is 14.4 Å². The summed E-state index contributed by atoms with van der Waals surface area (Å²) in [7, 11) is -3.89. The molecule has 2 atom stereocenters. The van der Waals surface area contributed by atoms with Crippen LogP contribution in [0.2, 0.25) is 0 Å². The van der Waals surface area contributed by atoms with E-state index in [9.17, 15) is 17.6 Å². The molecule has 0 aliphatic carbocycles. The molecule has 4 heterocycles. The molecule has 11 heteroatoms. The number of halogens is 1. The maximum Gasteiger partial charge on any atom is 0.268 e. The third-order valence-electron chi connectivity index (χ3n) is 6.62. The molecule has 3 aromatic rings. The molecule has 0 bridgehead atoms. The number of carbonyl (C=O) groups excluding carboxylic acids is 1. The van der Waals surface area contributed by atoms with E-state index < -0.39 is 20.7 Å². The Kier molecular flexibility index (Phi) is 5.85. The molecular formula is C25H29FN4O5S. The molecule has 9 nitrogen and oxygen atoms in total. The van der Waals surface area contributed by atoms with Crippen molar-refractivity contribution in [3.05, 3.63) is 53.6 Å². The zero-order valence-electron chi connectivity index (χ0n) is 20.6. The van der Waals surface area contributed by atoms with E-state index in [1.165, 1.54) is 43.6 Å². The van der Waals surface area contributed by atoms with E-state index in [1.54, 1.807) is 12.3 Å². The minimum Gasteiger partial charge on any atom is -0.486 e. The quantitative estimate of drug-likeness (QED) is 0.564. The molecule has 2 aromatic heterocycles. The monoisotopic (exact) mass is 516 g/mol. The molecular weight excluding hydrogens is 487 g/mol. The molecule has 36 heavy (non-hydrogen) atoms. The van der Waals surface area contributed by atoms with Crippen LogP contribution in [0.5, 0.6) is 11.5 Å². The summed E-state index contributed by atoms with van der Waals surface area (Å²) in [6.07, 6.45) is 3.85. The Morgan fingerprint density at radius 2 is 1.94 bits per heavy atom. The van der Waals surface area contributed by atoms with Crippen molar-refractivity contribution in [2.24, 2.45) is 5.92 Å². The smallest absolute Gasteiger partial charge is 0.268 e. The first-order chi connectivity index (χ1) is 16.9. The lowest BCUT2D eigenvalue weighted by atomic mass is 9.99. The lowest BCUT2D eigenvalue weighted by molar-refractivity contribution is 0.0982. The van der Waals surface area contributed by atoms with Gasteiger partial charge in [0.05, 0.1) is 28.1 Å². The number of nitrogens with one attached hydrogen (secondary N) is 1. The summed E-state index contributed by atoms with van der Waals surface area (Å²) in [6, 6.07) is 6.35. The van der Waals surface area contributed by atoms with Crippen LogP contribution >= 0.6 is 0 Å². The highest BCUT2D eigenvalue weighted by molar-refractivity contribution is 7.91. The Labute approximate surface area is 209 Å². The summed E-state index contributed by atoms with van der Waals surface area (Å²) in [4.78, 5) is 15.1. The van der Waals surface area contributed by atoms with Gasteiger partial charge in [0.15, 0.2) is 11.5 Å². The lowest BCUT2D eigenvalue weighted by Crippen LogP contribution is -2.42. The van der Waals surface area contributed by atoms with Crippen LogP contribution in [-0.2, 0) is 10.0 Å². The third-order valence-corrected chi connectivity index (χ3v) is 8.69. The van der Waals surface area contributed by atoms with Crippen molar-refractivity contribution in [3.63, 3.8) is 0 Å². The van der Waals surface area contributed by atoms with Crippen LogP contribution in [0.25, 0.3) is 5.52 Å². The zero-order chi connectivity index (χ0) is 25.8. The second-order valence-electron chi connectivity index (χ2n) is 10.3. The fourth-order valence-electron chi connectivity index (χ4n) is 4.67. The van der Waals surface area contributed by atoms with E-state index in [0.29, 0.717) is 42.7 Å². The highest BCUT2D eigenvalue weighted by atomic mass is 32.2. The number of anilines is 1. The Balaban J connectivity index is 1.53. The van der Waals surface area contributed by atoms with Crippen LogP contribution < -0.4 is 19.1 Å². The number of amides is 1. The molecule has 2 aliphatic rings. The Morgan fingerprint density at radius 3 is 2.69 bits per heavy atom. The third kappa shape index (κ3) is 4.25. The molecule has 1 amide bonds. The SMILES string of the molecule is C[C@H]1C[C@H](c2cc(F)cc3c2OCCO3)N(c2ccn3ncc(C(=O)NS(=O)(=O)C(C)(C)C)c3c2)C1. The number of sulfonamides is 1. The van der Waals surface area contributed by atoms with Crippen LogP contribution in [0.3, 0.4) is 0 Å². The van der Waals surface area contributed by atoms with Crippen LogP contribution in [0.15, 0.2) is 36.7 Å². The van der Waals surface area contributed by atoms with Crippen molar-refractivity contribution in [1.82, 2.24) is 14.3 Å². The van der Waals surface area contributed by atoms with E-state index in [4.69, 9.17) is 9.47 Å². The Bertz CT molecular complexity index is 1450. The number of pyridine rings is 1. The molecule has 2 aliphatic heterocycles. The number of aromatic nitrogens is 2. The summed E-state index contributed by atoms with van der Waals surface area (Å²) in [5.74, 6) is 0.150. The Morgan fingerprint density at radius 1 is 1.19 bits per heavy atom. The van der Waals surface area contributed by atoms with Gasteiger partial charge in [-0.1, -0.05) is 6.92 Å². The van der Waals surface area contributed by atoms with Crippen molar-refractivity contribution in [1.29, 1.82) is 0 Å². The van der Waals surface area contributed by atoms with Crippen molar-refractivity contribution >= 4 is 27.1 Å². The molecule has 192 valence electrons. The first kappa shape index (κ1) is 24.4. The van der Waals surface area contributed by atoms with E-state index in [2.05, 4.69) is 21.6 Å². The molecule has 0 spiro atoms. The van der Waals surface area contributed by atoms with E-state index in [0.717, 1.165) is 17.7 Å². The van der Waals surface area contributed by atoms with Crippen molar-refractivity contribution in [2.45, 2.75) is 44.9 Å². The van der Waals surface area contributed by atoms with Crippen molar-refractivity contribution < 1.29 is 27.1 Å². The van der Waals surface area contributed by atoms with Gasteiger partial charge in [0.1, 0.15) is 19.0 Å². The lowest BCUT2D eigenvalue weighted by Gasteiger charge is -2.30. The van der Waals surface area contributed by atoms with E-state index in [-0.39, 0.29) is 17.4 Å². The number of nitrogens with zero attached hydrogens (tertiary/aromatic N) is 3. The number of hydrogen-bond acceptors (Lipinski definition) is 7. The van der Waals surface area contributed by atoms with Gasteiger partial charge in [0.2, 0.25) is 10.0 Å². The molecule has 5 rings (SSSR count). The minimum absolute atomic E-state index is 0.147. The van der Waals surface area contributed by atoms with Crippen LogP contribution in [0.1, 0.15) is 56.1 Å². The topological polar surface area (TPSA) is 102 Å². The molecule has 1 aromatic carbocycles. The van der Waals surface area contributed by atoms with Gasteiger partial charge in [0.25, 0.3) is 5.91 Å². The number of ether oxygens (including phenoxy) is 2. The van der Waals surface area contributed by atoms with E-state index >= 15 is 0 Å². The van der Waals surface area contributed by atoms with Gasteiger partial charge in [-0.2, -0.15) is 5.10 Å². The summed E-state index contributed by atoms with van der Waals surface area (Å²) in [6.45, 7) is 8.16. The second kappa shape index (κ2) is 8.65. The zero-order valence-corrected chi connectivity index (χ0v) is 21.4. The maximum atomic E-state index is 14.5. The average Bonchev–Trinajstić information content (AvgIpc) is 3.40. The predicted octanol–water partition coefficient (Wildman–Crippen LogP) is 3.69. The first-order valence-electron chi connectivity index (χ1n) is 11.8. The molecule has 0 saturated carbocycles. The average molecular weight is 517 g/mol. The number of rotatable bonds is 4. The highest BCUT2D eigenvalue weighted by Crippen LogP contribution is 2.46. The van der Waals surface area contributed by atoms with Gasteiger partial charge in [-0.05, 0) is 51.3 Å². The van der Waals surface area contributed by atoms with Gasteiger partial charge in [0, 0.05) is 30.1 Å². The van der Waals surface area contributed by atoms with Gasteiger partial charge >= 0.3 is 0 Å². The number of carbonyl (C=O) groups is 1. The predicted molar refractivity (Wildman–Crippen MR) is 133 cm³/mol. The van der Waals surface area contributed by atoms with Gasteiger partial charge in [-0.15, -0.1) is 0 Å². The normalized spacial score (nSPS) is 20.1. The van der Waals surface area contributed by atoms with Crippen molar-refractivity contribution in [2.75, 3.05) is 24.7 Å². The fraction of sp³-hybridized carbons (Fsp3) is 0.440. The summed E-state index contributed by atoms with van der Waals surface area (Å²) < 4.78 is 53.6. The maximum absolute atomic E-state index is 14.5. The fourth-order valence-corrected chi connectivity index (χ4v) is 5.33. The molecule has 0 unspecified atom stereocenters. The Hall–Kier alpha value is -3.34. The largest absolute Gasteiger partial charge is 0.486 e. The number of hydrogen-bond donors (Lipinski definition) is 1. The van der Waals surface area contributed by atoms with Gasteiger partial charge in [-0.3, -0.25) is 4.79 Å². The van der Waals surface area contributed by atoms with E-state index in [1.807, 2.05) is 6.07 Å². The van der Waals surface area contributed by atoms with Crippen LogP contribution in [-0.4, -0.2) is 48.4 Å². The van der Waals surface area contributed by atoms with Crippen LogP contribution in [0.4, 0.5) is 10.1 Å². The number of benzene rings is 1. The van der Waals surface area contributed by atoms with Gasteiger partial charge in [-0.25, -0.2) is 22.0 Å². The summed E-state index contributed by atoms with van der Waals surface area (Å²) in [5, 5.41) is 4.22. The summed E-state index contributed by atoms with van der Waals surface area (Å²) >= 11 is 0. The standard InChI is InChI=1S/C25H29FN4O5S/c1-15-9-20(18-10-16(26)11-22-23(18)35-8-7-34-22)29(14-15)17-5-6-30-21(12-17)19(13-27-30)24(31)28-36(32,33)25(2,3)4/h5-6,10-13,15,20H,7-9,14H2,1-4H3,(H,28,31)/t15-,20+/m0/s1. The minimum atomic E-state index is -3.89. The van der Waals surface area contributed by atoms with Crippen molar-refractivity contribution in [3.8, 4) is 11.5 Å². The molecule has 1 saturated heterocycles. The number of fused-ring (bicyclic) bond motifs is 2. The molecule has 0 radical (unpaired) electrons. The summed E-state index contributed by atoms with van der Waals surface area (Å²) in [5.41, 5.74) is 2.14. The molecule has 1 N–H and O–H groups in total. The first-order valence-corrected chi connectivity index (χ1v) is 13.3. The second-order valence-corrected chi connectivity index (χ2v) is 12.8. The highest BCUT2D eigenvalue weighted by Gasteiger charge is 2.36. The van der Waals surface area contributed by atoms with Crippen LogP contribution in [0, 0.1) is 11.7 Å². The molecule has 1 fully saturated rings.